The highest BCUT2D eigenvalue weighted by molar-refractivity contribution is 6.03. The number of para-hydroxylation sites is 1. The Kier molecular flexibility index (Phi) is 3.04. The molecule has 3 aromatic rings. The molecule has 2 heterocycles. The lowest BCUT2D eigenvalue weighted by molar-refractivity contribution is 0.102. The lowest BCUT2D eigenvalue weighted by Crippen LogP contribution is -2.16. The van der Waals surface area contributed by atoms with E-state index in [1.807, 2.05) is 37.3 Å². The standard InChI is InChI=1S/C14H13N5O/c1-10-7-16-18-13(10)17-14(20)12-8-15-9-19(12)11-5-3-2-4-6-11/h2-9H,1H3,(H2,16,17,18,20). The van der Waals surface area contributed by atoms with Crippen molar-refractivity contribution in [2.24, 2.45) is 0 Å². The van der Waals surface area contributed by atoms with E-state index in [1.165, 1.54) is 6.20 Å². The molecule has 3 rings (SSSR count). The van der Waals surface area contributed by atoms with E-state index in [-0.39, 0.29) is 5.91 Å². The molecule has 0 saturated carbocycles. The summed E-state index contributed by atoms with van der Waals surface area (Å²) in [5.41, 5.74) is 2.23. The molecular weight excluding hydrogens is 254 g/mol. The van der Waals surface area contributed by atoms with Crippen LogP contribution in [0.15, 0.2) is 49.1 Å². The van der Waals surface area contributed by atoms with Gasteiger partial charge in [-0.05, 0) is 19.1 Å². The summed E-state index contributed by atoms with van der Waals surface area (Å²) in [5.74, 6) is 0.356. The molecule has 6 nitrogen and oxygen atoms in total. The maximum absolute atomic E-state index is 12.3. The summed E-state index contributed by atoms with van der Waals surface area (Å²) < 4.78 is 1.74. The molecule has 0 aliphatic carbocycles. The minimum Gasteiger partial charge on any atom is -0.305 e. The Bertz CT molecular complexity index is 729. The van der Waals surface area contributed by atoms with Crippen molar-refractivity contribution in [2.45, 2.75) is 6.92 Å². The molecule has 1 amide bonds. The van der Waals surface area contributed by atoms with Gasteiger partial charge >= 0.3 is 0 Å². The van der Waals surface area contributed by atoms with Gasteiger partial charge in [0.2, 0.25) is 0 Å². The highest BCUT2D eigenvalue weighted by atomic mass is 16.2. The lowest BCUT2D eigenvalue weighted by atomic mass is 10.3. The molecule has 0 aliphatic heterocycles. The lowest BCUT2D eigenvalue weighted by Gasteiger charge is -2.08. The van der Waals surface area contributed by atoms with Gasteiger partial charge in [0, 0.05) is 11.3 Å². The number of hydrogen-bond donors (Lipinski definition) is 2. The van der Waals surface area contributed by atoms with Crippen LogP contribution in [0, 0.1) is 6.92 Å². The number of aromatic nitrogens is 4. The fourth-order valence-electron chi connectivity index (χ4n) is 1.91. The summed E-state index contributed by atoms with van der Waals surface area (Å²) in [7, 11) is 0. The molecule has 20 heavy (non-hydrogen) atoms. The van der Waals surface area contributed by atoms with Gasteiger partial charge in [-0.2, -0.15) is 5.10 Å². The Balaban J connectivity index is 1.90. The number of amides is 1. The third-order valence-electron chi connectivity index (χ3n) is 2.97. The first-order valence-corrected chi connectivity index (χ1v) is 6.15. The van der Waals surface area contributed by atoms with Gasteiger partial charge in [0.15, 0.2) is 0 Å². The summed E-state index contributed by atoms with van der Waals surface area (Å²) in [6, 6.07) is 9.58. The summed E-state index contributed by atoms with van der Waals surface area (Å²) in [6.07, 6.45) is 4.81. The first-order chi connectivity index (χ1) is 9.75. The third-order valence-corrected chi connectivity index (χ3v) is 2.97. The van der Waals surface area contributed by atoms with Crippen LogP contribution in [0.5, 0.6) is 0 Å². The molecule has 100 valence electrons. The van der Waals surface area contributed by atoms with Crippen molar-refractivity contribution in [3.8, 4) is 5.69 Å². The number of nitrogens with one attached hydrogen (secondary N) is 2. The van der Waals surface area contributed by atoms with Crippen LogP contribution in [0.1, 0.15) is 16.1 Å². The summed E-state index contributed by atoms with van der Waals surface area (Å²) >= 11 is 0. The minimum absolute atomic E-state index is 0.237. The van der Waals surface area contributed by atoms with Gasteiger partial charge in [0.1, 0.15) is 11.5 Å². The number of benzene rings is 1. The number of imidazole rings is 1. The first-order valence-electron chi connectivity index (χ1n) is 6.15. The van der Waals surface area contributed by atoms with Gasteiger partial charge in [-0.3, -0.25) is 14.5 Å². The molecule has 2 N–H and O–H groups in total. The van der Waals surface area contributed by atoms with E-state index in [0.29, 0.717) is 11.5 Å². The van der Waals surface area contributed by atoms with Crippen LogP contribution in [0.25, 0.3) is 5.69 Å². The largest absolute Gasteiger partial charge is 0.305 e. The van der Waals surface area contributed by atoms with E-state index in [4.69, 9.17) is 0 Å². The van der Waals surface area contributed by atoms with Crippen molar-refractivity contribution in [2.75, 3.05) is 5.32 Å². The van der Waals surface area contributed by atoms with Crippen molar-refractivity contribution in [1.29, 1.82) is 0 Å². The number of carbonyl (C=O) groups is 1. The van der Waals surface area contributed by atoms with Crippen LogP contribution in [0.2, 0.25) is 0 Å². The van der Waals surface area contributed by atoms with Gasteiger partial charge in [-0.1, -0.05) is 18.2 Å². The number of rotatable bonds is 3. The summed E-state index contributed by atoms with van der Waals surface area (Å²) in [6.45, 7) is 1.87. The summed E-state index contributed by atoms with van der Waals surface area (Å²) in [4.78, 5) is 16.3. The Hall–Kier alpha value is -2.89. The Morgan fingerprint density at radius 1 is 1.25 bits per heavy atom. The van der Waals surface area contributed by atoms with Crippen LogP contribution < -0.4 is 5.32 Å². The molecule has 0 bridgehead atoms. The minimum atomic E-state index is -0.237. The SMILES string of the molecule is Cc1cn[nH]c1NC(=O)c1cncn1-c1ccccc1. The van der Waals surface area contributed by atoms with Crippen molar-refractivity contribution < 1.29 is 4.79 Å². The number of hydrogen-bond acceptors (Lipinski definition) is 3. The zero-order valence-corrected chi connectivity index (χ0v) is 10.9. The number of anilines is 1. The molecule has 2 aromatic heterocycles. The highest BCUT2D eigenvalue weighted by Gasteiger charge is 2.14. The molecule has 0 atom stereocenters. The molecule has 0 saturated heterocycles. The molecule has 0 unspecified atom stereocenters. The molecule has 1 aromatic carbocycles. The van der Waals surface area contributed by atoms with Gasteiger partial charge in [0.25, 0.3) is 5.91 Å². The fourth-order valence-corrected chi connectivity index (χ4v) is 1.91. The third kappa shape index (κ3) is 2.18. The van der Waals surface area contributed by atoms with Gasteiger partial charge < -0.3 is 5.32 Å². The number of nitrogens with zero attached hydrogens (tertiary/aromatic N) is 3. The maximum atomic E-state index is 12.3. The zero-order valence-electron chi connectivity index (χ0n) is 10.9. The molecule has 0 aliphatic rings. The number of H-pyrrole nitrogens is 1. The Labute approximate surface area is 115 Å². The maximum Gasteiger partial charge on any atom is 0.275 e. The normalized spacial score (nSPS) is 10.4. The molecular formula is C14H13N5O. The Morgan fingerprint density at radius 2 is 2.05 bits per heavy atom. The molecule has 6 heteroatoms. The number of aryl methyl sites for hydroxylation is 1. The van der Waals surface area contributed by atoms with Crippen molar-refractivity contribution in [3.05, 3.63) is 60.3 Å². The topological polar surface area (TPSA) is 75.6 Å². The second kappa shape index (κ2) is 5.00. The van der Waals surface area contributed by atoms with Crippen LogP contribution in [0.4, 0.5) is 5.82 Å². The molecule has 0 fully saturated rings. The highest BCUT2D eigenvalue weighted by Crippen LogP contribution is 2.14. The van der Waals surface area contributed by atoms with Crippen molar-refractivity contribution in [3.63, 3.8) is 0 Å². The van der Waals surface area contributed by atoms with E-state index in [9.17, 15) is 4.79 Å². The average Bonchev–Trinajstić information content (AvgIpc) is 3.09. The van der Waals surface area contributed by atoms with Crippen LogP contribution in [-0.2, 0) is 0 Å². The van der Waals surface area contributed by atoms with Gasteiger partial charge in [-0.25, -0.2) is 4.98 Å². The Morgan fingerprint density at radius 3 is 2.75 bits per heavy atom. The second-order valence-corrected chi connectivity index (χ2v) is 4.37. The summed E-state index contributed by atoms with van der Waals surface area (Å²) in [5, 5.41) is 9.41. The van der Waals surface area contributed by atoms with E-state index in [2.05, 4.69) is 20.5 Å². The smallest absolute Gasteiger partial charge is 0.275 e. The van der Waals surface area contributed by atoms with Crippen LogP contribution in [0.3, 0.4) is 0 Å². The molecule has 0 radical (unpaired) electrons. The number of carbonyl (C=O) groups excluding carboxylic acids is 1. The van der Waals surface area contributed by atoms with Crippen LogP contribution >= 0.6 is 0 Å². The van der Waals surface area contributed by atoms with E-state index >= 15 is 0 Å². The van der Waals surface area contributed by atoms with Crippen molar-refractivity contribution >= 4 is 11.7 Å². The van der Waals surface area contributed by atoms with Gasteiger partial charge in [-0.15, -0.1) is 0 Å². The van der Waals surface area contributed by atoms with Gasteiger partial charge in [0.05, 0.1) is 18.7 Å². The predicted molar refractivity (Wildman–Crippen MR) is 74.8 cm³/mol. The first kappa shape index (κ1) is 12.2. The average molecular weight is 267 g/mol. The van der Waals surface area contributed by atoms with Crippen molar-refractivity contribution in [1.82, 2.24) is 19.7 Å². The molecule has 0 spiro atoms. The second-order valence-electron chi connectivity index (χ2n) is 4.37. The van der Waals surface area contributed by atoms with E-state index in [1.54, 1.807) is 17.1 Å². The fraction of sp³-hybridized carbons (Fsp3) is 0.0714. The number of aromatic amines is 1. The van der Waals surface area contributed by atoms with Crippen LogP contribution in [-0.4, -0.2) is 25.7 Å². The van der Waals surface area contributed by atoms with E-state index in [0.717, 1.165) is 11.3 Å². The quantitative estimate of drug-likeness (QED) is 0.763. The zero-order chi connectivity index (χ0) is 13.9. The van der Waals surface area contributed by atoms with E-state index < -0.39 is 0 Å². The predicted octanol–water partition coefficient (Wildman–Crippen LogP) is 2.16. The monoisotopic (exact) mass is 267 g/mol.